The van der Waals surface area contributed by atoms with Crippen LogP contribution in [0.5, 0.6) is 0 Å². The van der Waals surface area contributed by atoms with E-state index in [0.717, 1.165) is 24.9 Å². The first-order valence-electron chi connectivity index (χ1n) is 7.67. The summed E-state index contributed by atoms with van der Waals surface area (Å²) in [7, 11) is 0. The minimum atomic E-state index is -0.00480. The maximum atomic E-state index is 12.6. The van der Waals surface area contributed by atoms with Crippen molar-refractivity contribution < 1.29 is 4.79 Å². The van der Waals surface area contributed by atoms with Gasteiger partial charge in [-0.15, -0.1) is 0 Å². The van der Waals surface area contributed by atoms with Crippen molar-refractivity contribution in [1.29, 1.82) is 0 Å². The van der Waals surface area contributed by atoms with E-state index in [1.807, 2.05) is 24.3 Å². The lowest BCUT2D eigenvalue weighted by molar-refractivity contribution is 0.0924. The molecule has 0 bridgehead atoms. The topological polar surface area (TPSA) is 71.8 Å². The first kappa shape index (κ1) is 14.7. The molecule has 1 saturated heterocycles. The maximum Gasteiger partial charge on any atom is 0.251 e. The van der Waals surface area contributed by atoms with Gasteiger partial charge in [-0.25, -0.2) is 9.67 Å². The van der Waals surface area contributed by atoms with E-state index < -0.39 is 0 Å². The molecule has 0 saturated carbocycles. The number of hydrogen-bond acceptors (Lipinski definition) is 4. The Morgan fingerprint density at radius 1 is 1.45 bits per heavy atom. The van der Waals surface area contributed by atoms with Crippen molar-refractivity contribution in [3.63, 3.8) is 0 Å². The average Bonchev–Trinajstić information content (AvgIpc) is 3.01. The highest BCUT2D eigenvalue weighted by Crippen LogP contribution is 2.13. The summed E-state index contributed by atoms with van der Waals surface area (Å²) in [4.78, 5) is 16.5. The largest absolute Gasteiger partial charge is 0.349 e. The normalized spacial score (nSPS) is 21.5. The van der Waals surface area contributed by atoms with Crippen LogP contribution in [-0.2, 0) is 6.54 Å². The van der Waals surface area contributed by atoms with Crippen LogP contribution in [0.25, 0.3) is 0 Å². The molecule has 2 atom stereocenters. The van der Waals surface area contributed by atoms with E-state index in [0.29, 0.717) is 18.2 Å². The number of amides is 1. The molecule has 2 N–H and O–H groups in total. The Morgan fingerprint density at radius 2 is 2.32 bits per heavy atom. The Bertz CT molecular complexity index is 625. The van der Waals surface area contributed by atoms with E-state index in [4.69, 9.17) is 0 Å². The summed E-state index contributed by atoms with van der Waals surface area (Å²) >= 11 is 0. The lowest BCUT2D eigenvalue weighted by Gasteiger charge is -2.28. The fraction of sp³-hybridized carbons (Fsp3) is 0.438. The number of nitrogens with zero attached hydrogens (tertiary/aromatic N) is 3. The number of carbonyl (C=O) groups is 1. The number of hydrogen-bond donors (Lipinski definition) is 2. The minimum absolute atomic E-state index is 0.00480. The molecule has 0 aliphatic carbocycles. The highest BCUT2D eigenvalue weighted by molar-refractivity contribution is 5.95. The van der Waals surface area contributed by atoms with Crippen LogP contribution in [0.2, 0.25) is 0 Å². The molecule has 3 rings (SSSR count). The van der Waals surface area contributed by atoms with Crippen LogP contribution in [0.1, 0.15) is 35.7 Å². The molecule has 6 nitrogen and oxygen atoms in total. The molecule has 116 valence electrons. The van der Waals surface area contributed by atoms with Crippen LogP contribution in [-0.4, -0.2) is 39.3 Å². The molecule has 22 heavy (non-hydrogen) atoms. The molecule has 0 radical (unpaired) electrons. The van der Waals surface area contributed by atoms with Crippen LogP contribution >= 0.6 is 0 Å². The predicted molar refractivity (Wildman–Crippen MR) is 83.5 cm³/mol. The highest BCUT2D eigenvalue weighted by Gasteiger charge is 2.21. The first-order chi connectivity index (χ1) is 10.7. The quantitative estimate of drug-likeness (QED) is 0.890. The molecular formula is C16H21N5O. The van der Waals surface area contributed by atoms with E-state index in [1.54, 1.807) is 11.0 Å². The summed E-state index contributed by atoms with van der Waals surface area (Å²) < 4.78 is 1.72. The molecular weight excluding hydrogens is 278 g/mol. The molecule has 1 aromatic carbocycles. The summed E-state index contributed by atoms with van der Waals surface area (Å²) in [6, 6.07) is 8.35. The molecule has 0 spiro atoms. The molecule has 1 aliphatic rings. The van der Waals surface area contributed by atoms with Crippen LogP contribution in [0.15, 0.2) is 36.9 Å². The van der Waals surface area contributed by atoms with Crippen molar-refractivity contribution in [2.24, 2.45) is 0 Å². The first-order valence-corrected chi connectivity index (χ1v) is 7.67. The van der Waals surface area contributed by atoms with E-state index in [-0.39, 0.29) is 11.9 Å². The Hall–Kier alpha value is -2.21. The van der Waals surface area contributed by atoms with E-state index >= 15 is 0 Å². The lowest BCUT2D eigenvalue weighted by Crippen LogP contribution is -2.46. The third-order valence-electron chi connectivity index (χ3n) is 4.02. The molecule has 2 unspecified atom stereocenters. The second-order valence-electron chi connectivity index (χ2n) is 5.80. The van der Waals surface area contributed by atoms with Crippen LogP contribution in [0.4, 0.5) is 0 Å². The van der Waals surface area contributed by atoms with Gasteiger partial charge in [0.2, 0.25) is 0 Å². The fourth-order valence-electron chi connectivity index (χ4n) is 2.89. The average molecular weight is 299 g/mol. The molecule has 2 aromatic rings. The zero-order valence-corrected chi connectivity index (χ0v) is 12.7. The summed E-state index contributed by atoms with van der Waals surface area (Å²) in [6.45, 7) is 3.65. The lowest BCUT2D eigenvalue weighted by atomic mass is 9.99. The summed E-state index contributed by atoms with van der Waals surface area (Å²) in [5.74, 6) is -0.00480. The zero-order chi connectivity index (χ0) is 15.4. The molecule has 2 heterocycles. The van der Waals surface area contributed by atoms with Gasteiger partial charge in [0.25, 0.3) is 5.91 Å². The Balaban J connectivity index is 1.72. The summed E-state index contributed by atoms with van der Waals surface area (Å²) in [5.41, 5.74) is 1.66. The number of aromatic nitrogens is 3. The summed E-state index contributed by atoms with van der Waals surface area (Å²) in [6.07, 6.45) is 5.10. The fourth-order valence-corrected chi connectivity index (χ4v) is 2.89. The smallest absolute Gasteiger partial charge is 0.251 e. The van der Waals surface area contributed by atoms with E-state index in [9.17, 15) is 4.79 Å². The monoisotopic (exact) mass is 299 g/mol. The van der Waals surface area contributed by atoms with Gasteiger partial charge in [0.1, 0.15) is 12.7 Å². The Kier molecular flexibility index (Phi) is 4.48. The third kappa shape index (κ3) is 3.51. The van der Waals surface area contributed by atoms with Crippen molar-refractivity contribution in [3.8, 4) is 0 Å². The molecule has 1 aliphatic heterocycles. The third-order valence-corrected chi connectivity index (χ3v) is 4.02. The Morgan fingerprint density at radius 3 is 3.09 bits per heavy atom. The highest BCUT2D eigenvalue weighted by atomic mass is 16.1. The van der Waals surface area contributed by atoms with E-state index in [1.165, 1.54) is 6.33 Å². The predicted octanol–water partition coefficient (Wildman–Crippen LogP) is 1.20. The molecule has 1 aromatic heterocycles. The van der Waals surface area contributed by atoms with Crippen molar-refractivity contribution in [1.82, 2.24) is 25.4 Å². The molecule has 1 fully saturated rings. The van der Waals surface area contributed by atoms with Crippen molar-refractivity contribution in [2.75, 3.05) is 6.54 Å². The standard InChI is InChI=1S/C16H21N5O/c1-12-8-14(6-7-18-12)20-16(22)15-5-3-2-4-13(15)9-21-11-17-10-19-21/h2-5,10-12,14,18H,6-9H2,1H3,(H,20,22). The maximum absolute atomic E-state index is 12.6. The van der Waals surface area contributed by atoms with Gasteiger partial charge in [-0.2, -0.15) is 5.10 Å². The second-order valence-corrected chi connectivity index (χ2v) is 5.80. The SMILES string of the molecule is CC1CC(NC(=O)c2ccccc2Cn2cncn2)CCN1. The second kappa shape index (κ2) is 6.70. The zero-order valence-electron chi connectivity index (χ0n) is 12.7. The Labute approximate surface area is 129 Å². The molecule has 6 heteroatoms. The molecule has 1 amide bonds. The number of carbonyl (C=O) groups excluding carboxylic acids is 1. The minimum Gasteiger partial charge on any atom is -0.349 e. The van der Waals surface area contributed by atoms with Crippen LogP contribution in [0.3, 0.4) is 0 Å². The van der Waals surface area contributed by atoms with Crippen molar-refractivity contribution in [2.45, 2.75) is 38.4 Å². The van der Waals surface area contributed by atoms with Crippen LogP contribution in [0, 0.1) is 0 Å². The number of benzene rings is 1. The van der Waals surface area contributed by atoms with Crippen LogP contribution < -0.4 is 10.6 Å². The van der Waals surface area contributed by atoms with Gasteiger partial charge >= 0.3 is 0 Å². The van der Waals surface area contributed by atoms with Gasteiger partial charge in [-0.3, -0.25) is 4.79 Å². The van der Waals surface area contributed by atoms with Crippen molar-refractivity contribution in [3.05, 3.63) is 48.0 Å². The van der Waals surface area contributed by atoms with E-state index in [2.05, 4.69) is 27.6 Å². The number of piperidine rings is 1. The van der Waals surface area contributed by atoms with Gasteiger partial charge < -0.3 is 10.6 Å². The van der Waals surface area contributed by atoms with Gasteiger partial charge in [-0.05, 0) is 37.9 Å². The number of nitrogens with one attached hydrogen (secondary N) is 2. The van der Waals surface area contributed by atoms with Crippen molar-refractivity contribution >= 4 is 5.91 Å². The summed E-state index contributed by atoms with van der Waals surface area (Å²) in [5, 5.41) is 10.7. The number of rotatable bonds is 4. The van der Waals surface area contributed by atoms with Gasteiger partial charge in [0, 0.05) is 17.6 Å². The van der Waals surface area contributed by atoms with Gasteiger partial charge in [0.15, 0.2) is 0 Å². The van der Waals surface area contributed by atoms with Gasteiger partial charge in [-0.1, -0.05) is 18.2 Å². The van der Waals surface area contributed by atoms with Gasteiger partial charge in [0.05, 0.1) is 6.54 Å².